The van der Waals surface area contributed by atoms with Gasteiger partial charge in [0.25, 0.3) is 0 Å². The maximum absolute atomic E-state index is 5.41. The summed E-state index contributed by atoms with van der Waals surface area (Å²) in [5.74, 6) is 2.34. The SMILES string of the molecule is CN=C(NCCc1ccccc1)NCc1ccc(OC)cc1OC.I. The predicted octanol–water partition coefficient (Wildman–Crippen LogP) is 3.23. The molecule has 0 atom stereocenters. The molecule has 2 aromatic carbocycles. The zero-order valence-corrected chi connectivity index (χ0v) is 17.2. The van der Waals surface area contributed by atoms with E-state index in [4.69, 9.17) is 9.47 Å². The van der Waals surface area contributed by atoms with Crippen LogP contribution in [-0.4, -0.2) is 33.8 Å². The van der Waals surface area contributed by atoms with Crippen molar-refractivity contribution >= 4 is 29.9 Å². The van der Waals surface area contributed by atoms with Crippen LogP contribution in [0.3, 0.4) is 0 Å². The molecule has 25 heavy (non-hydrogen) atoms. The Hall–Kier alpha value is -1.96. The number of methoxy groups -OCH3 is 2. The average molecular weight is 455 g/mol. The standard InChI is InChI=1S/C19H25N3O2.HI/c1-20-19(21-12-11-15-7-5-4-6-8-15)22-14-16-9-10-17(23-2)13-18(16)24-3;/h4-10,13H,11-12,14H2,1-3H3,(H2,20,21,22);1H. The van der Waals surface area contributed by atoms with Crippen LogP contribution in [0.25, 0.3) is 0 Å². The van der Waals surface area contributed by atoms with E-state index in [-0.39, 0.29) is 24.0 Å². The number of rotatable bonds is 7. The van der Waals surface area contributed by atoms with Gasteiger partial charge in [-0.05, 0) is 24.1 Å². The molecule has 6 heteroatoms. The van der Waals surface area contributed by atoms with Gasteiger partial charge >= 0.3 is 0 Å². The number of guanidine groups is 1. The first-order valence-electron chi connectivity index (χ1n) is 7.96. The molecule has 0 saturated heterocycles. The van der Waals surface area contributed by atoms with Crippen molar-refractivity contribution in [3.05, 3.63) is 59.7 Å². The van der Waals surface area contributed by atoms with E-state index < -0.39 is 0 Å². The minimum absolute atomic E-state index is 0. The molecular weight excluding hydrogens is 429 g/mol. The van der Waals surface area contributed by atoms with Gasteiger partial charge in [0.05, 0.1) is 14.2 Å². The summed E-state index contributed by atoms with van der Waals surface area (Å²) in [6.45, 7) is 1.45. The topological polar surface area (TPSA) is 54.9 Å². The summed E-state index contributed by atoms with van der Waals surface area (Å²) in [5.41, 5.74) is 2.35. The Morgan fingerprint density at radius 2 is 1.76 bits per heavy atom. The lowest BCUT2D eigenvalue weighted by atomic mass is 10.1. The van der Waals surface area contributed by atoms with E-state index >= 15 is 0 Å². The van der Waals surface area contributed by atoms with Gasteiger partial charge in [0.15, 0.2) is 5.96 Å². The van der Waals surface area contributed by atoms with Crippen LogP contribution in [-0.2, 0) is 13.0 Å². The van der Waals surface area contributed by atoms with Crippen LogP contribution in [0, 0.1) is 0 Å². The fraction of sp³-hybridized carbons (Fsp3) is 0.316. The van der Waals surface area contributed by atoms with Crippen LogP contribution in [0.15, 0.2) is 53.5 Å². The molecule has 0 aliphatic rings. The van der Waals surface area contributed by atoms with Crippen molar-refractivity contribution in [2.24, 2.45) is 4.99 Å². The molecule has 0 bridgehead atoms. The summed E-state index contributed by atoms with van der Waals surface area (Å²) in [6, 6.07) is 16.2. The normalized spacial score (nSPS) is 10.6. The highest BCUT2D eigenvalue weighted by Crippen LogP contribution is 2.24. The van der Waals surface area contributed by atoms with Crippen molar-refractivity contribution in [1.82, 2.24) is 10.6 Å². The molecule has 2 aromatic rings. The van der Waals surface area contributed by atoms with Crippen molar-refractivity contribution in [3.63, 3.8) is 0 Å². The maximum Gasteiger partial charge on any atom is 0.191 e. The van der Waals surface area contributed by atoms with Gasteiger partial charge in [-0.25, -0.2) is 0 Å². The zero-order valence-electron chi connectivity index (χ0n) is 14.9. The Kier molecular flexibility index (Phi) is 9.76. The Balaban J connectivity index is 0.00000312. The molecule has 136 valence electrons. The third-order valence-corrected chi connectivity index (χ3v) is 3.71. The van der Waals surface area contributed by atoms with E-state index in [9.17, 15) is 0 Å². The van der Waals surface area contributed by atoms with Gasteiger partial charge in [0.1, 0.15) is 11.5 Å². The highest BCUT2D eigenvalue weighted by Gasteiger charge is 2.06. The molecular formula is C19H26IN3O2. The van der Waals surface area contributed by atoms with E-state index in [0.29, 0.717) is 6.54 Å². The fourth-order valence-electron chi connectivity index (χ4n) is 2.37. The van der Waals surface area contributed by atoms with E-state index in [2.05, 4.69) is 39.9 Å². The first-order chi connectivity index (χ1) is 11.8. The summed E-state index contributed by atoms with van der Waals surface area (Å²) in [4.78, 5) is 4.25. The smallest absolute Gasteiger partial charge is 0.191 e. The predicted molar refractivity (Wildman–Crippen MR) is 113 cm³/mol. The second-order valence-electron chi connectivity index (χ2n) is 5.27. The van der Waals surface area contributed by atoms with Crippen molar-refractivity contribution < 1.29 is 9.47 Å². The minimum Gasteiger partial charge on any atom is -0.497 e. The van der Waals surface area contributed by atoms with Crippen LogP contribution in [0.2, 0.25) is 0 Å². The fourth-order valence-corrected chi connectivity index (χ4v) is 2.37. The molecule has 2 rings (SSSR count). The lowest BCUT2D eigenvalue weighted by Gasteiger charge is -2.14. The van der Waals surface area contributed by atoms with Crippen LogP contribution in [0.5, 0.6) is 11.5 Å². The Morgan fingerprint density at radius 1 is 1.00 bits per heavy atom. The molecule has 0 aliphatic heterocycles. The van der Waals surface area contributed by atoms with Crippen molar-refractivity contribution in [2.45, 2.75) is 13.0 Å². The quantitative estimate of drug-likeness (QED) is 0.383. The minimum atomic E-state index is 0. The Labute approximate surface area is 166 Å². The van der Waals surface area contributed by atoms with Gasteiger partial charge in [-0.3, -0.25) is 4.99 Å². The van der Waals surface area contributed by atoms with E-state index in [0.717, 1.165) is 36.0 Å². The number of hydrogen-bond acceptors (Lipinski definition) is 3. The summed E-state index contributed by atoms with van der Waals surface area (Å²) >= 11 is 0. The van der Waals surface area contributed by atoms with E-state index in [1.165, 1.54) is 5.56 Å². The zero-order chi connectivity index (χ0) is 17.2. The average Bonchev–Trinajstić information content (AvgIpc) is 2.65. The van der Waals surface area contributed by atoms with Crippen molar-refractivity contribution in [3.8, 4) is 11.5 Å². The van der Waals surface area contributed by atoms with Gasteiger partial charge < -0.3 is 20.1 Å². The molecule has 2 N–H and O–H groups in total. The third-order valence-electron chi connectivity index (χ3n) is 3.71. The number of nitrogens with zero attached hydrogens (tertiary/aromatic N) is 1. The molecule has 0 heterocycles. The highest BCUT2D eigenvalue weighted by atomic mass is 127. The molecule has 0 fully saturated rings. The highest BCUT2D eigenvalue weighted by molar-refractivity contribution is 14.0. The van der Waals surface area contributed by atoms with Gasteiger partial charge in [-0.15, -0.1) is 24.0 Å². The molecule has 0 aliphatic carbocycles. The number of aliphatic imine (C=N–C) groups is 1. The number of halogens is 1. The molecule has 0 radical (unpaired) electrons. The number of ether oxygens (including phenoxy) is 2. The summed E-state index contributed by atoms with van der Waals surface area (Å²) < 4.78 is 10.6. The third kappa shape index (κ3) is 6.81. The molecule has 0 aromatic heterocycles. The van der Waals surface area contributed by atoms with Crippen molar-refractivity contribution in [1.29, 1.82) is 0 Å². The molecule has 0 amide bonds. The first kappa shape index (κ1) is 21.1. The lowest BCUT2D eigenvalue weighted by Crippen LogP contribution is -2.37. The van der Waals surface area contributed by atoms with Crippen LogP contribution < -0.4 is 20.1 Å². The van der Waals surface area contributed by atoms with E-state index in [1.807, 2.05) is 24.3 Å². The van der Waals surface area contributed by atoms with E-state index in [1.54, 1.807) is 21.3 Å². The molecule has 0 spiro atoms. The van der Waals surface area contributed by atoms with Gasteiger partial charge in [-0.1, -0.05) is 30.3 Å². The number of nitrogens with one attached hydrogen (secondary N) is 2. The number of benzene rings is 2. The Morgan fingerprint density at radius 3 is 2.40 bits per heavy atom. The summed E-state index contributed by atoms with van der Waals surface area (Å²) in [6.07, 6.45) is 0.952. The first-order valence-corrected chi connectivity index (χ1v) is 7.96. The molecule has 0 unspecified atom stereocenters. The summed E-state index contributed by atoms with van der Waals surface area (Å²) in [7, 11) is 5.07. The Bertz CT molecular complexity index is 663. The van der Waals surface area contributed by atoms with Crippen molar-refractivity contribution in [2.75, 3.05) is 27.8 Å². The molecule has 0 saturated carbocycles. The van der Waals surface area contributed by atoms with Crippen LogP contribution in [0.1, 0.15) is 11.1 Å². The second kappa shape index (κ2) is 11.6. The van der Waals surface area contributed by atoms with Crippen LogP contribution >= 0.6 is 24.0 Å². The van der Waals surface area contributed by atoms with Gasteiger partial charge in [0, 0.05) is 31.8 Å². The monoisotopic (exact) mass is 455 g/mol. The molecule has 5 nitrogen and oxygen atoms in total. The number of hydrogen-bond donors (Lipinski definition) is 2. The van der Waals surface area contributed by atoms with Gasteiger partial charge in [-0.2, -0.15) is 0 Å². The lowest BCUT2D eigenvalue weighted by molar-refractivity contribution is 0.390. The van der Waals surface area contributed by atoms with Gasteiger partial charge in [0.2, 0.25) is 0 Å². The second-order valence-corrected chi connectivity index (χ2v) is 5.27. The maximum atomic E-state index is 5.41. The summed E-state index contributed by atoms with van der Waals surface area (Å²) in [5, 5.41) is 6.62. The van der Waals surface area contributed by atoms with Crippen LogP contribution in [0.4, 0.5) is 0 Å². The largest absolute Gasteiger partial charge is 0.497 e.